The number of aldehydes is 1. The normalized spacial score (nSPS) is 9.50. The van der Waals surface area contributed by atoms with Crippen LogP contribution in [0.4, 0.5) is 0 Å². The summed E-state index contributed by atoms with van der Waals surface area (Å²) in [4.78, 5) is 53.1. The van der Waals surface area contributed by atoms with Crippen LogP contribution in [0.5, 0.6) is 0 Å². The fourth-order valence-electron chi connectivity index (χ4n) is 3.42. The highest BCUT2D eigenvalue weighted by Crippen LogP contribution is 2.09. The number of carboxylic acid groups (broad SMARTS) is 1. The van der Waals surface area contributed by atoms with Gasteiger partial charge >= 0.3 is 5.97 Å². The van der Waals surface area contributed by atoms with Crippen LogP contribution in [0.1, 0.15) is 89.3 Å². The third-order valence-corrected chi connectivity index (χ3v) is 6.40. The van der Waals surface area contributed by atoms with Crippen molar-refractivity contribution in [3.05, 3.63) is 148 Å². The third-order valence-electron chi connectivity index (χ3n) is 6.07. The molecule has 240 valence electrons. The molecular weight excluding hydrogens is 622 g/mol. The quantitative estimate of drug-likeness (QED) is 0.103. The number of Topliss-reactive ketones (excluding diaryl/α,β-unsaturated/α-hetero) is 3. The molecule has 0 aliphatic carbocycles. The van der Waals surface area contributed by atoms with Crippen molar-refractivity contribution in [1.82, 2.24) is 0 Å². The molecule has 0 spiro atoms. The second-order valence-electron chi connectivity index (χ2n) is 9.56. The van der Waals surface area contributed by atoms with E-state index < -0.39 is 5.97 Å². The van der Waals surface area contributed by atoms with Gasteiger partial charge in [-0.25, -0.2) is 4.79 Å². The Morgan fingerprint density at radius 2 is 0.891 bits per heavy atom. The molecule has 0 aliphatic heterocycles. The van der Waals surface area contributed by atoms with Crippen molar-refractivity contribution in [2.75, 3.05) is 0 Å². The van der Waals surface area contributed by atoms with Gasteiger partial charge in [0, 0.05) is 41.2 Å². The van der Waals surface area contributed by atoms with Crippen molar-refractivity contribution in [1.29, 1.82) is 0 Å². The Morgan fingerprint density at radius 1 is 0.587 bits per heavy atom. The fourth-order valence-corrected chi connectivity index (χ4v) is 3.81. The largest absolute Gasteiger partial charge is 0.478 e. The van der Waals surface area contributed by atoms with Gasteiger partial charge in [0.2, 0.25) is 0 Å². The average Bonchev–Trinajstić information content (AvgIpc) is 3.06. The highest BCUT2D eigenvalue weighted by molar-refractivity contribution is 7.09. The van der Waals surface area contributed by atoms with Gasteiger partial charge in [-0.1, -0.05) is 97.6 Å². The van der Waals surface area contributed by atoms with Gasteiger partial charge in [0.15, 0.2) is 17.3 Å². The van der Waals surface area contributed by atoms with Crippen LogP contribution in [-0.4, -0.2) is 34.7 Å². The van der Waals surface area contributed by atoms with E-state index in [0.29, 0.717) is 29.9 Å². The minimum Gasteiger partial charge on any atom is -0.478 e. The van der Waals surface area contributed by atoms with Crippen LogP contribution in [0.3, 0.4) is 0 Å². The Kier molecular flexibility index (Phi) is 19.0. The summed E-state index contributed by atoms with van der Waals surface area (Å²) in [7, 11) is 4.33. The van der Waals surface area contributed by atoms with E-state index in [4.69, 9.17) is 14.2 Å². The zero-order chi connectivity index (χ0) is 34.5. The van der Waals surface area contributed by atoms with Gasteiger partial charge in [-0.05, 0) is 49.6 Å². The molecular formula is C36H38O8P2. The molecule has 4 aromatic carbocycles. The predicted molar refractivity (Wildman–Crippen MR) is 187 cm³/mol. The predicted octanol–water partition coefficient (Wildman–Crippen LogP) is 8.12. The van der Waals surface area contributed by atoms with E-state index in [2.05, 4.69) is 25.5 Å². The second kappa shape index (κ2) is 22.1. The van der Waals surface area contributed by atoms with E-state index in [1.54, 1.807) is 92.7 Å². The molecule has 4 aromatic rings. The average molecular weight is 661 g/mol. The van der Waals surface area contributed by atoms with Crippen LogP contribution in [0.15, 0.2) is 104 Å². The number of benzene rings is 4. The first-order valence-corrected chi connectivity index (χ1v) is 14.7. The van der Waals surface area contributed by atoms with Gasteiger partial charge in [0.05, 0.1) is 18.8 Å². The lowest BCUT2D eigenvalue weighted by Gasteiger charge is -1.99. The lowest BCUT2D eigenvalue weighted by Crippen LogP contribution is -1.95. The Labute approximate surface area is 274 Å². The standard InChI is InChI=1S/C10H10O.C9H11O2P.C9H8O2.C8H9O3P/c1-3-9-4-6-10(7-5-9)8(2)11;1-7(10)9-4-2-8(3-5-9)6-11-12;1-7(11)9-4-2-8(6-10)3-5-9;9-8(10)7-3-1-6(2-4-7)5-11-12/h3-7H,1H2,2H3;2-5H,6,12H2,1H3;2-6H,1H3;1-4H,5,12H2,(H,9,10). The van der Waals surface area contributed by atoms with E-state index in [-0.39, 0.29) is 17.3 Å². The molecule has 10 heteroatoms. The van der Waals surface area contributed by atoms with Gasteiger partial charge in [-0.2, -0.15) is 0 Å². The zero-order valence-electron chi connectivity index (χ0n) is 26.0. The van der Waals surface area contributed by atoms with Crippen LogP contribution < -0.4 is 0 Å². The van der Waals surface area contributed by atoms with Gasteiger partial charge in [-0.3, -0.25) is 19.2 Å². The molecule has 46 heavy (non-hydrogen) atoms. The van der Waals surface area contributed by atoms with Crippen molar-refractivity contribution in [3.63, 3.8) is 0 Å². The Hall–Kier alpha value is -4.45. The summed E-state index contributed by atoms with van der Waals surface area (Å²) < 4.78 is 9.66. The first-order chi connectivity index (χ1) is 21.9. The molecule has 0 bridgehead atoms. The van der Waals surface area contributed by atoms with Crippen LogP contribution in [0.25, 0.3) is 6.08 Å². The maximum Gasteiger partial charge on any atom is 0.335 e. The van der Waals surface area contributed by atoms with E-state index >= 15 is 0 Å². The maximum absolute atomic E-state index is 10.9. The summed E-state index contributed by atoms with van der Waals surface area (Å²) in [5, 5.41) is 8.57. The number of aromatic carboxylic acids is 1. The van der Waals surface area contributed by atoms with Crippen molar-refractivity contribution >= 4 is 54.6 Å². The van der Waals surface area contributed by atoms with Gasteiger partial charge in [0.1, 0.15) is 6.29 Å². The van der Waals surface area contributed by atoms with E-state index in [0.717, 1.165) is 34.1 Å². The van der Waals surface area contributed by atoms with Crippen LogP contribution in [-0.2, 0) is 22.3 Å². The van der Waals surface area contributed by atoms with Crippen molar-refractivity contribution in [3.8, 4) is 0 Å². The molecule has 4 rings (SSSR count). The molecule has 0 amide bonds. The van der Waals surface area contributed by atoms with Crippen LogP contribution >= 0.6 is 18.9 Å². The van der Waals surface area contributed by atoms with Crippen molar-refractivity contribution in [2.45, 2.75) is 34.0 Å². The molecule has 0 aromatic heterocycles. The molecule has 0 saturated heterocycles. The summed E-state index contributed by atoms with van der Waals surface area (Å²) in [6.45, 7) is 9.27. The minimum atomic E-state index is -0.909. The molecule has 1 N–H and O–H groups in total. The SMILES string of the molecule is C=Cc1ccc(C(C)=O)cc1.CC(=O)c1ccc(C=O)cc1.CC(=O)c1ccc(COP)cc1.O=C(O)c1ccc(COP)cc1. The first-order valence-electron chi connectivity index (χ1n) is 13.8. The Morgan fingerprint density at radius 3 is 1.15 bits per heavy atom. The molecule has 0 radical (unpaired) electrons. The van der Waals surface area contributed by atoms with Crippen molar-refractivity contribution in [2.24, 2.45) is 0 Å². The topological polar surface area (TPSA) is 124 Å². The van der Waals surface area contributed by atoms with E-state index in [1.165, 1.54) is 6.92 Å². The summed E-state index contributed by atoms with van der Waals surface area (Å²) in [6.07, 6.45) is 2.51. The highest BCUT2D eigenvalue weighted by atomic mass is 31.0. The number of ketones is 3. The summed E-state index contributed by atoms with van der Waals surface area (Å²) in [6, 6.07) is 27.9. The lowest BCUT2D eigenvalue weighted by molar-refractivity contribution is 0.0696. The van der Waals surface area contributed by atoms with Crippen molar-refractivity contribution < 1.29 is 38.1 Å². The number of hydrogen-bond donors (Lipinski definition) is 1. The number of carbonyl (C=O) groups excluding carboxylic acids is 4. The number of carbonyl (C=O) groups is 5. The molecule has 0 saturated carbocycles. The molecule has 0 heterocycles. The number of rotatable bonds is 10. The number of carboxylic acids is 1. The maximum atomic E-state index is 10.9. The van der Waals surface area contributed by atoms with Crippen LogP contribution in [0, 0.1) is 0 Å². The molecule has 0 fully saturated rings. The third kappa shape index (κ3) is 15.5. The van der Waals surface area contributed by atoms with E-state index in [9.17, 15) is 24.0 Å². The zero-order valence-corrected chi connectivity index (χ0v) is 28.3. The molecule has 8 nitrogen and oxygen atoms in total. The molecule has 0 aliphatic rings. The van der Waals surface area contributed by atoms with Gasteiger partial charge in [-0.15, -0.1) is 0 Å². The highest BCUT2D eigenvalue weighted by Gasteiger charge is 2.01. The fraction of sp³-hybridized carbons (Fsp3) is 0.139. The summed E-state index contributed by atoms with van der Waals surface area (Å²) in [5.74, 6) is -0.704. The van der Waals surface area contributed by atoms with Gasteiger partial charge < -0.3 is 14.2 Å². The first kappa shape index (κ1) is 39.6. The second-order valence-corrected chi connectivity index (χ2v) is 10.2. The molecule has 2 atom stereocenters. The summed E-state index contributed by atoms with van der Waals surface area (Å²) in [5.41, 5.74) is 6.06. The minimum absolute atomic E-state index is 0.0162. The van der Waals surface area contributed by atoms with Gasteiger partial charge in [0.25, 0.3) is 0 Å². The molecule has 2 unspecified atom stereocenters. The monoisotopic (exact) mass is 660 g/mol. The smallest absolute Gasteiger partial charge is 0.335 e. The Balaban J connectivity index is 0.000000307. The summed E-state index contributed by atoms with van der Waals surface area (Å²) >= 11 is 0. The van der Waals surface area contributed by atoms with Crippen LogP contribution in [0.2, 0.25) is 0 Å². The lowest BCUT2D eigenvalue weighted by atomic mass is 10.1. The Bertz CT molecular complexity index is 1440. The van der Waals surface area contributed by atoms with E-state index in [1.807, 2.05) is 24.3 Å². The number of hydrogen-bond acceptors (Lipinski definition) is 7.